The first-order valence-electron chi connectivity index (χ1n) is 5.32. The highest BCUT2D eigenvalue weighted by molar-refractivity contribution is 7.13. The molecule has 5 heteroatoms. The van der Waals surface area contributed by atoms with Gasteiger partial charge in [0.25, 0.3) is 0 Å². The van der Waals surface area contributed by atoms with Crippen LogP contribution in [0.1, 0.15) is 5.56 Å². The van der Waals surface area contributed by atoms with E-state index in [-0.39, 0.29) is 5.91 Å². The number of amides is 1. The number of hydrogen-bond donors (Lipinski definition) is 2. The number of thiazole rings is 1. The molecule has 1 aromatic carbocycles. The van der Waals surface area contributed by atoms with Crippen LogP contribution in [0, 0.1) is 0 Å². The maximum absolute atomic E-state index is 11.3. The zero-order valence-corrected chi connectivity index (χ0v) is 10.1. The van der Waals surface area contributed by atoms with Crippen LogP contribution < -0.4 is 10.6 Å². The quantitative estimate of drug-likeness (QED) is 0.854. The number of aromatic nitrogens is 1. The number of benzene rings is 1. The van der Waals surface area contributed by atoms with Crippen molar-refractivity contribution in [2.45, 2.75) is 6.42 Å². The van der Waals surface area contributed by atoms with Gasteiger partial charge in [0.2, 0.25) is 5.91 Å². The summed E-state index contributed by atoms with van der Waals surface area (Å²) in [5.74, 6) is 0.937. The van der Waals surface area contributed by atoms with E-state index in [1.807, 2.05) is 30.6 Å². The van der Waals surface area contributed by atoms with Crippen LogP contribution in [0.5, 0.6) is 0 Å². The summed E-state index contributed by atoms with van der Waals surface area (Å²) in [6.45, 7) is 0. The molecule has 1 aliphatic rings. The molecule has 0 atom stereocenters. The summed E-state index contributed by atoms with van der Waals surface area (Å²) in [6, 6.07) is 5.96. The normalized spacial score (nSPS) is 13.4. The van der Waals surface area contributed by atoms with E-state index < -0.39 is 0 Å². The third-order valence-electron chi connectivity index (χ3n) is 2.74. The second kappa shape index (κ2) is 3.85. The monoisotopic (exact) mass is 245 g/mol. The molecule has 4 nitrogen and oxygen atoms in total. The van der Waals surface area contributed by atoms with Crippen LogP contribution in [-0.2, 0) is 11.2 Å². The van der Waals surface area contributed by atoms with Crippen molar-refractivity contribution in [3.05, 3.63) is 29.1 Å². The molecule has 86 valence electrons. The van der Waals surface area contributed by atoms with Gasteiger partial charge in [0.05, 0.1) is 6.42 Å². The fourth-order valence-electron chi connectivity index (χ4n) is 1.88. The van der Waals surface area contributed by atoms with Crippen LogP contribution in [0.25, 0.3) is 10.6 Å². The highest BCUT2D eigenvalue weighted by Gasteiger charge is 2.18. The number of anilines is 2. The predicted octanol–water partition coefficient (Wildman–Crippen LogP) is 2.35. The standard InChI is InChI=1S/C12H11N3OS/c1-13-10-6-17-12(15-10)7-2-3-9-8(4-7)5-11(16)14-9/h2-4,6,13H,5H2,1H3,(H,14,16). The van der Waals surface area contributed by atoms with Crippen molar-refractivity contribution in [2.24, 2.45) is 0 Å². The highest BCUT2D eigenvalue weighted by Crippen LogP contribution is 2.31. The van der Waals surface area contributed by atoms with Gasteiger partial charge in [0.1, 0.15) is 10.8 Å². The summed E-state index contributed by atoms with van der Waals surface area (Å²) in [4.78, 5) is 15.7. The van der Waals surface area contributed by atoms with E-state index in [1.165, 1.54) is 0 Å². The number of nitrogens with zero attached hydrogens (tertiary/aromatic N) is 1. The van der Waals surface area contributed by atoms with Crippen molar-refractivity contribution in [3.8, 4) is 10.6 Å². The molecule has 0 radical (unpaired) electrons. The Bertz CT molecular complexity index is 591. The SMILES string of the molecule is CNc1csc(-c2ccc3c(c2)CC(=O)N3)n1. The maximum Gasteiger partial charge on any atom is 0.228 e. The first-order valence-corrected chi connectivity index (χ1v) is 6.20. The Balaban J connectivity index is 1.99. The van der Waals surface area contributed by atoms with Gasteiger partial charge in [-0.05, 0) is 23.8 Å². The van der Waals surface area contributed by atoms with Gasteiger partial charge in [-0.15, -0.1) is 11.3 Å². The molecule has 2 N–H and O–H groups in total. The first-order chi connectivity index (χ1) is 8.26. The third-order valence-corrected chi connectivity index (χ3v) is 3.63. The summed E-state index contributed by atoms with van der Waals surface area (Å²) in [5.41, 5.74) is 3.03. The third kappa shape index (κ3) is 1.78. The molecule has 3 rings (SSSR count). The summed E-state index contributed by atoms with van der Waals surface area (Å²) in [5, 5.41) is 8.78. The van der Waals surface area contributed by atoms with Gasteiger partial charge in [-0.2, -0.15) is 0 Å². The van der Waals surface area contributed by atoms with E-state index in [4.69, 9.17) is 0 Å². The fourth-order valence-corrected chi connectivity index (χ4v) is 2.69. The Morgan fingerprint density at radius 2 is 2.35 bits per heavy atom. The lowest BCUT2D eigenvalue weighted by molar-refractivity contribution is -0.115. The van der Waals surface area contributed by atoms with Crippen LogP contribution in [0.3, 0.4) is 0 Å². The summed E-state index contributed by atoms with van der Waals surface area (Å²) in [7, 11) is 1.85. The molecule has 1 amide bonds. The molecule has 2 heterocycles. The number of hydrogen-bond acceptors (Lipinski definition) is 4. The average Bonchev–Trinajstić information content (AvgIpc) is 2.92. The van der Waals surface area contributed by atoms with Gasteiger partial charge >= 0.3 is 0 Å². The van der Waals surface area contributed by atoms with Gasteiger partial charge in [0.15, 0.2) is 0 Å². The zero-order valence-electron chi connectivity index (χ0n) is 9.28. The van der Waals surface area contributed by atoms with Gasteiger partial charge in [-0.25, -0.2) is 4.98 Å². The minimum atomic E-state index is 0.0622. The second-order valence-electron chi connectivity index (χ2n) is 3.88. The molecular formula is C12H11N3OS. The largest absolute Gasteiger partial charge is 0.372 e. The van der Waals surface area contributed by atoms with Crippen LogP contribution in [-0.4, -0.2) is 17.9 Å². The summed E-state index contributed by atoms with van der Waals surface area (Å²) >= 11 is 1.59. The number of carbonyl (C=O) groups is 1. The van der Waals surface area contributed by atoms with Gasteiger partial charge in [-0.3, -0.25) is 4.79 Å². The molecular weight excluding hydrogens is 234 g/mol. The van der Waals surface area contributed by atoms with Crippen LogP contribution in [0.15, 0.2) is 23.6 Å². The van der Waals surface area contributed by atoms with Crippen LogP contribution in [0.2, 0.25) is 0 Å². The molecule has 2 aromatic rings. The highest BCUT2D eigenvalue weighted by atomic mass is 32.1. The smallest absolute Gasteiger partial charge is 0.228 e. The molecule has 0 spiro atoms. The fraction of sp³-hybridized carbons (Fsp3) is 0.167. The van der Waals surface area contributed by atoms with E-state index in [0.717, 1.165) is 27.6 Å². The maximum atomic E-state index is 11.3. The Morgan fingerprint density at radius 3 is 3.12 bits per heavy atom. The first kappa shape index (κ1) is 10.3. The average molecular weight is 245 g/mol. The van der Waals surface area contributed by atoms with E-state index in [0.29, 0.717) is 6.42 Å². The molecule has 1 aliphatic heterocycles. The van der Waals surface area contributed by atoms with Crippen molar-refractivity contribution in [1.29, 1.82) is 0 Å². The van der Waals surface area contributed by atoms with Gasteiger partial charge in [0, 0.05) is 23.7 Å². The van der Waals surface area contributed by atoms with E-state index in [9.17, 15) is 4.79 Å². The summed E-state index contributed by atoms with van der Waals surface area (Å²) < 4.78 is 0. The van der Waals surface area contributed by atoms with Gasteiger partial charge < -0.3 is 10.6 Å². The Morgan fingerprint density at radius 1 is 1.47 bits per heavy atom. The Labute approximate surface area is 103 Å². The van der Waals surface area contributed by atoms with Crippen molar-refractivity contribution >= 4 is 28.7 Å². The zero-order chi connectivity index (χ0) is 11.8. The number of rotatable bonds is 2. The number of fused-ring (bicyclic) bond motifs is 1. The summed E-state index contributed by atoms with van der Waals surface area (Å²) in [6.07, 6.45) is 0.466. The van der Waals surface area contributed by atoms with Crippen molar-refractivity contribution in [3.63, 3.8) is 0 Å². The lowest BCUT2D eigenvalue weighted by Gasteiger charge is -2.00. The Hall–Kier alpha value is -1.88. The molecule has 0 aliphatic carbocycles. The topological polar surface area (TPSA) is 54.0 Å². The lowest BCUT2D eigenvalue weighted by Crippen LogP contribution is -2.03. The molecule has 0 unspecified atom stereocenters. The van der Waals surface area contributed by atoms with E-state index >= 15 is 0 Å². The minimum Gasteiger partial charge on any atom is -0.372 e. The predicted molar refractivity (Wildman–Crippen MR) is 69.4 cm³/mol. The number of nitrogens with one attached hydrogen (secondary N) is 2. The van der Waals surface area contributed by atoms with Crippen LogP contribution >= 0.6 is 11.3 Å². The Kier molecular flexibility index (Phi) is 2.33. The molecule has 1 aromatic heterocycles. The molecule has 0 saturated heterocycles. The second-order valence-corrected chi connectivity index (χ2v) is 4.74. The van der Waals surface area contributed by atoms with E-state index in [2.05, 4.69) is 15.6 Å². The van der Waals surface area contributed by atoms with Crippen molar-refractivity contribution in [2.75, 3.05) is 17.7 Å². The van der Waals surface area contributed by atoms with Crippen LogP contribution in [0.4, 0.5) is 11.5 Å². The molecule has 0 saturated carbocycles. The number of carbonyl (C=O) groups excluding carboxylic acids is 1. The van der Waals surface area contributed by atoms with Crippen molar-refractivity contribution in [1.82, 2.24) is 4.98 Å². The molecule has 17 heavy (non-hydrogen) atoms. The van der Waals surface area contributed by atoms with Crippen molar-refractivity contribution < 1.29 is 4.79 Å². The lowest BCUT2D eigenvalue weighted by atomic mass is 10.1. The minimum absolute atomic E-state index is 0.0622. The molecule has 0 fully saturated rings. The van der Waals surface area contributed by atoms with E-state index in [1.54, 1.807) is 11.3 Å². The molecule has 0 bridgehead atoms. The van der Waals surface area contributed by atoms with Gasteiger partial charge in [-0.1, -0.05) is 0 Å².